The smallest absolute Gasteiger partial charge is 0.160 e. The molecule has 3 aromatic rings. The van der Waals surface area contributed by atoms with Crippen LogP contribution in [0, 0.1) is 5.92 Å². The molecule has 0 spiro atoms. The molecule has 11 heteroatoms. The number of aliphatic hydroxyl groups excluding tert-OH is 4. The highest BCUT2D eigenvalue weighted by Crippen LogP contribution is 2.53. The summed E-state index contributed by atoms with van der Waals surface area (Å²) in [6.45, 7) is -0.256. The van der Waals surface area contributed by atoms with E-state index in [1.807, 2.05) is 42.6 Å². The molecule has 5 atom stereocenters. The van der Waals surface area contributed by atoms with Crippen molar-refractivity contribution in [2.24, 2.45) is 5.92 Å². The zero-order valence-corrected chi connectivity index (χ0v) is 27.6. The number of aryl methyl sites for hydroxylation is 1. The minimum absolute atomic E-state index is 0.137. The fourth-order valence-corrected chi connectivity index (χ4v) is 6.80. The number of carbonyl (C=O) groups excluding carboxylic acids is 1. The first kappa shape index (κ1) is 34.3. The number of ketones is 1. The molecule has 2 aliphatic carbocycles. The molecule has 2 heterocycles. The first-order valence-corrected chi connectivity index (χ1v) is 17.1. The van der Waals surface area contributed by atoms with E-state index < -0.39 is 42.7 Å². The van der Waals surface area contributed by atoms with Crippen molar-refractivity contribution in [2.45, 2.75) is 101 Å². The molecule has 1 aromatic heterocycles. The van der Waals surface area contributed by atoms with Gasteiger partial charge in [-0.1, -0.05) is 41.4 Å². The van der Waals surface area contributed by atoms with Gasteiger partial charge in [0, 0.05) is 52.3 Å². The maximum atomic E-state index is 12.6. The largest absolute Gasteiger partial charge is 0.490 e. The topological polar surface area (TPSA) is 139 Å². The lowest BCUT2D eigenvalue weighted by Crippen LogP contribution is -2.56. The molecule has 252 valence electrons. The highest BCUT2D eigenvalue weighted by atomic mass is 35.5. The van der Waals surface area contributed by atoms with Crippen molar-refractivity contribution in [1.29, 1.82) is 0 Å². The van der Waals surface area contributed by atoms with Crippen LogP contribution in [-0.4, -0.2) is 68.5 Å². The summed E-state index contributed by atoms with van der Waals surface area (Å²) in [6, 6.07) is 13.8. The molecule has 1 aliphatic heterocycles. The molecule has 2 saturated carbocycles. The van der Waals surface area contributed by atoms with E-state index in [1.165, 1.54) is 0 Å². The van der Waals surface area contributed by atoms with Gasteiger partial charge in [-0.05, 0) is 85.9 Å². The van der Waals surface area contributed by atoms with Crippen molar-refractivity contribution < 1.29 is 39.4 Å². The molecule has 3 fully saturated rings. The first-order chi connectivity index (χ1) is 22.7. The van der Waals surface area contributed by atoms with Crippen LogP contribution >= 0.6 is 23.2 Å². The van der Waals surface area contributed by atoms with Gasteiger partial charge in [-0.25, -0.2) is 0 Å². The summed E-state index contributed by atoms with van der Waals surface area (Å²) in [4.78, 5) is 17.0. The number of aromatic nitrogens is 1. The van der Waals surface area contributed by atoms with Crippen LogP contribution in [-0.2, 0) is 32.9 Å². The van der Waals surface area contributed by atoms with E-state index in [0.717, 1.165) is 59.3 Å². The molecule has 0 bridgehead atoms. The number of carbonyl (C=O) groups is 1. The standard InChI is InChI=1S/C36H41Cl2NO8/c37-29-16-22(30(38)15-21(29)5-1-2-6-23(41)17-27-33(42)34(43)32(19-40)47-35(27)44)20-45-36(12-13-36)28-18-39-14-11-25(28)26-7-3-4-8-31(26)46-24-9-10-24/h3-4,7-8,11,14-16,18,24,27,32-35,40,42-44H,1-2,5-6,9-10,12-13,17,19-20H2/t27-,32-,33-,34-,35-/m1/s1. The predicted molar refractivity (Wildman–Crippen MR) is 176 cm³/mol. The molecular weight excluding hydrogens is 645 g/mol. The third-order valence-electron chi connectivity index (χ3n) is 9.38. The summed E-state index contributed by atoms with van der Waals surface area (Å²) in [5.74, 6) is -0.242. The second kappa shape index (κ2) is 14.9. The number of aliphatic hydroxyl groups is 4. The molecule has 4 N–H and O–H groups in total. The van der Waals surface area contributed by atoms with Crippen LogP contribution in [0.5, 0.6) is 5.75 Å². The van der Waals surface area contributed by atoms with Crippen molar-refractivity contribution >= 4 is 29.0 Å². The third-order valence-corrected chi connectivity index (χ3v) is 10.1. The van der Waals surface area contributed by atoms with Gasteiger partial charge in [0.2, 0.25) is 0 Å². The number of ether oxygens (including phenoxy) is 3. The minimum atomic E-state index is -1.44. The Kier molecular flexibility index (Phi) is 10.9. The van der Waals surface area contributed by atoms with Gasteiger partial charge in [0.25, 0.3) is 0 Å². The van der Waals surface area contributed by atoms with E-state index >= 15 is 0 Å². The van der Waals surface area contributed by atoms with Gasteiger partial charge in [-0.2, -0.15) is 0 Å². The van der Waals surface area contributed by atoms with Crippen molar-refractivity contribution in [2.75, 3.05) is 6.61 Å². The maximum absolute atomic E-state index is 12.6. The van der Waals surface area contributed by atoms with Gasteiger partial charge in [0.05, 0.1) is 31.0 Å². The zero-order chi connectivity index (χ0) is 33.1. The lowest BCUT2D eigenvalue weighted by molar-refractivity contribution is -0.269. The summed E-state index contributed by atoms with van der Waals surface area (Å²) < 4.78 is 17.9. The number of halogens is 2. The van der Waals surface area contributed by atoms with Crippen LogP contribution in [0.4, 0.5) is 0 Å². The lowest BCUT2D eigenvalue weighted by Gasteiger charge is -2.39. The third kappa shape index (κ3) is 8.00. The van der Waals surface area contributed by atoms with Crippen LogP contribution in [0.15, 0.2) is 54.9 Å². The summed E-state index contributed by atoms with van der Waals surface area (Å²) in [5.41, 5.74) is 4.32. The summed E-state index contributed by atoms with van der Waals surface area (Å²) in [7, 11) is 0. The van der Waals surface area contributed by atoms with Crippen molar-refractivity contribution in [3.63, 3.8) is 0 Å². The van der Waals surface area contributed by atoms with Gasteiger partial charge in [-0.15, -0.1) is 0 Å². The van der Waals surface area contributed by atoms with E-state index in [4.69, 9.17) is 37.4 Å². The Morgan fingerprint density at radius 3 is 2.47 bits per heavy atom. The maximum Gasteiger partial charge on any atom is 0.160 e. The minimum Gasteiger partial charge on any atom is -0.490 e. The Labute approximate surface area is 284 Å². The molecule has 0 radical (unpaired) electrons. The molecule has 9 nitrogen and oxygen atoms in total. The van der Waals surface area contributed by atoms with Gasteiger partial charge in [0.1, 0.15) is 23.7 Å². The average molecular weight is 687 g/mol. The fraction of sp³-hybridized carbons (Fsp3) is 0.500. The highest BCUT2D eigenvalue weighted by molar-refractivity contribution is 6.34. The zero-order valence-electron chi connectivity index (χ0n) is 26.1. The number of Topliss-reactive ketones (excluding diaryl/α,β-unsaturated/α-hetero) is 1. The van der Waals surface area contributed by atoms with Gasteiger partial charge in [0.15, 0.2) is 6.29 Å². The highest BCUT2D eigenvalue weighted by Gasteiger charge is 2.48. The van der Waals surface area contributed by atoms with Gasteiger partial charge in [-0.3, -0.25) is 9.78 Å². The molecule has 47 heavy (non-hydrogen) atoms. The Morgan fingerprint density at radius 2 is 1.72 bits per heavy atom. The van der Waals surface area contributed by atoms with Gasteiger partial charge >= 0.3 is 0 Å². The predicted octanol–water partition coefficient (Wildman–Crippen LogP) is 5.52. The van der Waals surface area contributed by atoms with Crippen LogP contribution in [0.25, 0.3) is 11.1 Å². The molecule has 0 unspecified atom stereocenters. The molecule has 2 aromatic carbocycles. The van der Waals surface area contributed by atoms with Crippen LogP contribution in [0.1, 0.15) is 68.1 Å². The molecule has 0 amide bonds. The molecule has 1 saturated heterocycles. The number of para-hydroxylation sites is 1. The fourth-order valence-electron chi connectivity index (χ4n) is 6.28. The molecule has 3 aliphatic rings. The number of hydrogen-bond donors (Lipinski definition) is 4. The quantitative estimate of drug-likeness (QED) is 0.152. The Morgan fingerprint density at radius 1 is 0.979 bits per heavy atom. The number of hydrogen-bond acceptors (Lipinski definition) is 9. The second-order valence-electron chi connectivity index (χ2n) is 12.9. The average Bonchev–Trinajstić information content (AvgIpc) is 4.01. The summed E-state index contributed by atoms with van der Waals surface area (Å²) >= 11 is 13.4. The monoisotopic (exact) mass is 685 g/mol. The molecule has 6 rings (SSSR count). The van der Waals surface area contributed by atoms with Crippen molar-refractivity contribution in [1.82, 2.24) is 4.98 Å². The number of rotatable bonds is 15. The summed E-state index contributed by atoms with van der Waals surface area (Å²) in [5, 5.41) is 40.9. The van der Waals surface area contributed by atoms with Crippen LogP contribution < -0.4 is 4.74 Å². The van der Waals surface area contributed by atoms with Crippen molar-refractivity contribution in [3.05, 3.63) is 81.6 Å². The van der Waals surface area contributed by atoms with E-state index in [-0.39, 0.29) is 31.3 Å². The summed E-state index contributed by atoms with van der Waals surface area (Å²) in [6.07, 6.45) is 4.58. The number of benzene rings is 2. The Balaban J connectivity index is 1.03. The van der Waals surface area contributed by atoms with Crippen LogP contribution in [0.2, 0.25) is 10.0 Å². The Hall–Kier alpha value is -2.60. The van der Waals surface area contributed by atoms with Gasteiger partial charge < -0.3 is 34.6 Å². The second-order valence-corrected chi connectivity index (χ2v) is 13.7. The van der Waals surface area contributed by atoms with E-state index in [2.05, 4.69) is 11.1 Å². The first-order valence-electron chi connectivity index (χ1n) is 16.3. The number of nitrogens with zero attached hydrogens (tertiary/aromatic N) is 1. The van der Waals surface area contributed by atoms with E-state index in [1.54, 1.807) is 6.20 Å². The van der Waals surface area contributed by atoms with Crippen molar-refractivity contribution in [3.8, 4) is 16.9 Å². The van der Waals surface area contributed by atoms with Crippen LogP contribution in [0.3, 0.4) is 0 Å². The SMILES string of the molecule is O=C(CCCCc1cc(Cl)c(COC2(c3cnccc3-c3ccccc3OC3CC3)CC2)cc1Cl)C[C@@H]1[C@@H](O)[C@H](O)[C@@H](CO)O[C@H]1O. The lowest BCUT2D eigenvalue weighted by atomic mass is 9.86. The Bertz CT molecular complexity index is 1560. The normalized spacial score (nSPS) is 25.0. The van der Waals surface area contributed by atoms with E-state index in [9.17, 15) is 25.2 Å². The van der Waals surface area contributed by atoms with E-state index in [0.29, 0.717) is 29.3 Å². The molecular formula is C36H41Cl2NO8. The number of pyridine rings is 1. The number of unbranched alkanes of at least 4 members (excludes halogenated alkanes) is 1.